The number of fused-ring (bicyclic) bond motifs is 1. The molecule has 1 fully saturated rings. The highest BCUT2D eigenvalue weighted by Gasteiger charge is 2.16. The standard InChI is InChI=1S/C16H17N5O/c1-22-13-6-4-5-12(11-13)16-18-17-14-7-8-15(19-21(14)16)20-9-2-3-10-20/h4-8,11H,2-3,9-10H2,1H3. The van der Waals surface area contributed by atoms with E-state index in [0.29, 0.717) is 0 Å². The van der Waals surface area contributed by atoms with E-state index < -0.39 is 0 Å². The molecule has 6 heteroatoms. The SMILES string of the molecule is COc1cccc(-c2nnc3ccc(N4CCCC4)nn23)c1. The summed E-state index contributed by atoms with van der Waals surface area (Å²) in [5, 5.41) is 13.2. The minimum Gasteiger partial charge on any atom is -0.497 e. The molecule has 0 radical (unpaired) electrons. The van der Waals surface area contributed by atoms with E-state index in [1.165, 1.54) is 12.8 Å². The van der Waals surface area contributed by atoms with Crippen LogP contribution in [-0.2, 0) is 0 Å². The second kappa shape index (κ2) is 5.29. The third-order valence-corrected chi connectivity index (χ3v) is 4.01. The van der Waals surface area contributed by atoms with Gasteiger partial charge in [0.25, 0.3) is 0 Å². The number of hydrogen-bond acceptors (Lipinski definition) is 5. The molecule has 0 amide bonds. The van der Waals surface area contributed by atoms with Crippen LogP contribution in [0, 0.1) is 0 Å². The van der Waals surface area contributed by atoms with Crippen LogP contribution in [0.25, 0.3) is 17.0 Å². The Hall–Kier alpha value is -2.63. The normalized spacial score (nSPS) is 14.7. The maximum absolute atomic E-state index is 5.28. The highest BCUT2D eigenvalue weighted by molar-refractivity contribution is 5.61. The van der Waals surface area contributed by atoms with E-state index in [1.807, 2.05) is 40.9 Å². The highest BCUT2D eigenvalue weighted by atomic mass is 16.5. The van der Waals surface area contributed by atoms with Crippen molar-refractivity contribution < 1.29 is 4.74 Å². The number of methoxy groups -OCH3 is 1. The Morgan fingerprint density at radius 2 is 1.91 bits per heavy atom. The molecule has 0 unspecified atom stereocenters. The van der Waals surface area contributed by atoms with Gasteiger partial charge in [-0.3, -0.25) is 0 Å². The fourth-order valence-corrected chi connectivity index (χ4v) is 2.84. The molecule has 3 heterocycles. The van der Waals surface area contributed by atoms with Crippen LogP contribution in [0.2, 0.25) is 0 Å². The molecule has 2 aromatic heterocycles. The molecule has 0 atom stereocenters. The van der Waals surface area contributed by atoms with Crippen molar-refractivity contribution in [2.24, 2.45) is 0 Å². The zero-order valence-corrected chi connectivity index (χ0v) is 12.4. The molecule has 1 saturated heterocycles. The molecule has 1 aliphatic heterocycles. The van der Waals surface area contributed by atoms with Gasteiger partial charge in [-0.2, -0.15) is 4.52 Å². The minimum absolute atomic E-state index is 0.731. The lowest BCUT2D eigenvalue weighted by atomic mass is 10.2. The molecule has 112 valence electrons. The Bertz CT molecular complexity index is 807. The first-order valence-electron chi connectivity index (χ1n) is 7.47. The van der Waals surface area contributed by atoms with E-state index in [1.54, 1.807) is 7.11 Å². The molecule has 22 heavy (non-hydrogen) atoms. The van der Waals surface area contributed by atoms with Gasteiger partial charge >= 0.3 is 0 Å². The zero-order chi connectivity index (χ0) is 14.9. The molecule has 0 N–H and O–H groups in total. The maximum Gasteiger partial charge on any atom is 0.185 e. The lowest BCUT2D eigenvalue weighted by Gasteiger charge is -2.15. The lowest BCUT2D eigenvalue weighted by Crippen LogP contribution is -2.19. The smallest absolute Gasteiger partial charge is 0.185 e. The quantitative estimate of drug-likeness (QED) is 0.742. The summed E-state index contributed by atoms with van der Waals surface area (Å²) in [4.78, 5) is 2.30. The molecule has 4 rings (SSSR count). The summed E-state index contributed by atoms with van der Waals surface area (Å²) in [6, 6.07) is 11.8. The van der Waals surface area contributed by atoms with Crippen molar-refractivity contribution in [3.63, 3.8) is 0 Å². The average molecular weight is 295 g/mol. The highest BCUT2D eigenvalue weighted by Crippen LogP contribution is 2.24. The van der Waals surface area contributed by atoms with E-state index in [4.69, 9.17) is 9.84 Å². The Labute approximate surface area is 128 Å². The van der Waals surface area contributed by atoms with Crippen LogP contribution in [0.1, 0.15) is 12.8 Å². The van der Waals surface area contributed by atoms with Gasteiger partial charge in [-0.15, -0.1) is 15.3 Å². The number of aromatic nitrogens is 4. The van der Waals surface area contributed by atoms with Crippen molar-refractivity contribution in [3.8, 4) is 17.1 Å². The fourth-order valence-electron chi connectivity index (χ4n) is 2.84. The minimum atomic E-state index is 0.731. The largest absolute Gasteiger partial charge is 0.497 e. The van der Waals surface area contributed by atoms with Gasteiger partial charge in [0.05, 0.1) is 7.11 Å². The second-order valence-corrected chi connectivity index (χ2v) is 5.41. The first-order chi connectivity index (χ1) is 10.8. The van der Waals surface area contributed by atoms with Gasteiger partial charge in [-0.05, 0) is 37.1 Å². The summed E-state index contributed by atoms with van der Waals surface area (Å²) >= 11 is 0. The van der Waals surface area contributed by atoms with Gasteiger partial charge in [0.15, 0.2) is 11.5 Å². The molecule has 0 aliphatic carbocycles. The van der Waals surface area contributed by atoms with Crippen molar-refractivity contribution in [1.82, 2.24) is 19.8 Å². The van der Waals surface area contributed by atoms with E-state index in [-0.39, 0.29) is 0 Å². The zero-order valence-electron chi connectivity index (χ0n) is 12.4. The van der Waals surface area contributed by atoms with Crippen molar-refractivity contribution in [3.05, 3.63) is 36.4 Å². The maximum atomic E-state index is 5.28. The van der Waals surface area contributed by atoms with Crippen LogP contribution in [0.5, 0.6) is 5.75 Å². The molecule has 1 aromatic carbocycles. The Kier molecular flexibility index (Phi) is 3.14. The molecule has 0 saturated carbocycles. The van der Waals surface area contributed by atoms with Gasteiger partial charge in [0.2, 0.25) is 0 Å². The molecule has 0 spiro atoms. The Morgan fingerprint density at radius 1 is 1.05 bits per heavy atom. The number of benzene rings is 1. The predicted molar refractivity (Wildman–Crippen MR) is 84.2 cm³/mol. The number of anilines is 1. The van der Waals surface area contributed by atoms with Crippen molar-refractivity contribution in [1.29, 1.82) is 0 Å². The van der Waals surface area contributed by atoms with Crippen LogP contribution < -0.4 is 9.64 Å². The lowest BCUT2D eigenvalue weighted by molar-refractivity contribution is 0.415. The average Bonchev–Trinajstić information content (AvgIpc) is 3.23. The van der Waals surface area contributed by atoms with E-state index in [9.17, 15) is 0 Å². The van der Waals surface area contributed by atoms with Gasteiger partial charge < -0.3 is 9.64 Å². The number of rotatable bonds is 3. The van der Waals surface area contributed by atoms with Crippen LogP contribution in [0.15, 0.2) is 36.4 Å². The van der Waals surface area contributed by atoms with E-state index in [0.717, 1.165) is 41.7 Å². The van der Waals surface area contributed by atoms with Gasteiger partial charge in [-0.1, -0.05) is 12.1 Å². The predicted octanol–water partition coefficient (Wildman–Crippen LogP) is 2.40. The fraction of sp³-hybridized carbons (Fsp3) is 0.312. The summed E-state index contributed by atoms with van der Waals surface area (Å²) < 4.78 is 7.09. The summed E-state index contributed by atoms with van der Waals surface area (Å²) in [6.45, 7) is 2.13. The number of nitrogens with zero attached hydrogens (tertiary/aromatic N) is 5. The summed E-state index contributed by atoms with van der Waals surface area (Å²) in [5.41, 5.74) is 1.69. The topological polar surface area (TPSA) is 55.6 Å². The Morgan fingerprint density at radius 3 is 2.73 bits per heavy atom. The van der Waals surface area contributed by atoms with Gasteiger partial charge in [0, 0.05) is 18.7 Å². The molecule has 6 nitrogen and oxygen atoms in total. The van der Waals surface area contributed by atoms with Crippen LogP contribution in [0.4, 0.5) is 5.82 Å². The van der Waals surface area contributed by atoms with Crippen LogP contribution >= 0.6 is 0 Å². The van der Waals surface area contributed by atoms with Gasteiger partial charge in [0.1, 0.15) is 11.6 Å². The van der Waals surface area contributed by atoms with Crippen LogP contribution in [-0.4, -0.2) is 40.0 Å². The molecule has 0 bridgehead atoms. The molecular formula is C16H17N5O. The number of ether oxygens (including phenoxy) is 1. The van der Waals surface area contributed by atoms with Crippen molar-refractivity contribution >= 4 is 11.5 Å². The molecule has 3 aromatic rings. The van der Waals surface area contributed by atoms with E-state index >= 15 is 0 Å². The molecular weight excluding hydrogens is 278 g/mol. The third kappa shape index (κ3) is 2.16. The second-order valence-electron chi connectivity index (χ2n) is 5.41. The van der Waals surface area contributed by atoms with Gasteiger partial charge in [-0.25, -0.2) is 0 Å². The first-order valence-corrected chi connectivity index (χ1v) is 7.47. The Balaban J connectivity index is 1.81. The number of hydrogen-bond donors (Lipinski definition) is 0. The van der Waals surface area contributed by atoms with Crippen molar-refractivity contribution in [2.75, 3.05) is 25.1 Å². The van der Waals surface area contributed by atoms with Crippen molar-refractivity contribution in [2.45, 2.75) is 12.8 Å². The summed E-state index contributed by atoms with van der Waals surface area (Å²) in [7, 11) is 1.66. The third-order valence-electron chi connectivity index (χ3n) is 4.01. The first kappa shape index (κ1) is 13.1. The summed E-state index contributed by atoms with van der Waals surface area (Å²) in [6.07, 6.45) is 2.45. The summed E-state index contributed by atoms with van der Waals surface area (Å²) in [5.74, 6) is 2.51. The monoisotopic (exact) mass is 295 g/mol. The molecule has 1 aliphatic rings. The van der Waals surface area contributed by atoms with Crippen LogP contribution in [0.3, 0.4) is 0 Å². The van der Waals surface area contributed by atoms with E-state index in [2.05, 4.69) is 15.1 Å².